The van der Waals surface area contributed by atoms with Crippen LogP contribution in [-0.4, -0.2) is 24.1 Å². The van der Waals surface area contributed by atoms with Gasteiger partial charge >= 0.3 is 0 Å². The van der Waals surface area contributed by atoms with Crippen LogP contribution in [0, 0.1) is 80.6 Å². The van der Waals surface area contributed by atoms with Crippen LogP contribution in [-0.2, 0) is 0 Å². The summed E-state index contributed by atoms with van der Waals surface area (Å²) in [6, 6.07) is 61.5. The molecule has 0 fully saturated rings. The van der Waals surface area contributed by atoms with Crippen LogP contribution >= 0.6 is 0 Å². The fourth-order valence-electron chi connectivity index (χ4n) is 11.8. The highest BCUT2D eigenvalue weighted by Crippen LogP contribution is 2.44. The minimum atomic E-state index is 0.461. The van der Waals surface area contributed by atoms with Crippen molar-refractivity contribution in [3.8, 4) is 73.3 Å². The summed E-state index contributed by atoms with van der Waals surface area (Å²) in [6.45, 7) is 21.1. The zero-order valence-corrected chi connectivity index (χ0v) is 43.7. The SMILES string of the molecule is Cc1cc(C)cc(-c2ccc3c4ccc(-c5cc(C)cc(C)c5)cc4n(-c4cc(C#N)c(-c5nc(C)nc(C)n5)cc4-n4c5cc(-c6cc(C)cc(C)c6)ccc5c5ccc(-c6cc(C)cc(C)c6)cc54)c3c2)c1. The number of nitriles is 1. The van der Waals surface area contributed by atoms with E-state index in [4.69, 9.17) is 9.97 Å². The molecule has 0 radical (unpaired) electrons. The molecule has 6 nitrogen and oxygen atoms in total. The Balaban J connectivity index is 1.27. The molecule has 3 heterocycles. The minimum Gasteiger partial charge on any atom is -0.307 e. The van der Waals surface area contributed by atoms with Gasteiger partial charge in [-0.05, 0) is 150 Å². The first-order chi connectivity index (χ1) is 35.6. The van der Waals surface area contributed by atoms with Gasteiger partial charge in [0.05, 0.1) is 45.1 Å². The number of benzene rings is 9. The van der Waals surface area contributed by atoms with Crippen molar-refractivity contribution >= 4 is 43.6 Å². The normalized spacial score (nSPS) is 11.6. The van der Waals surface area contributed by atoms with Gasteiger partial charge in [0.25, 0.3) is 0 Å². The second-order valence-electron chi connectivity index (χ2n) is 20.9. The first kappa shape index (κ1) is 46.2. The Hall–Kier alpha value is -8.92. The van der Waals surface area contributed by atoms with Gasteiger partial charge in [-0.25, -0.2) is 15.0 Å². The first-order valence-corrected chi connectivity index (χ1v) is 25.4. The van der Waals surface area contributed by atoms with Gasteiger partial charge in [0.15, 0.2) is 5.82 Å². The second kappa shape index (κ2) is 17.7. The maximum absolute atomic E-state index is 11.4. The average molecular weight is 957 g/mol. The number of fused-ring (bicyclic) bond motifs is 6. The molecule has 0 aliphatic heterocycles. The highest BCUT2D eigenvalue weighted by molar-refractivity contribution is 6.14. The zero-order chi connectivity index (χ0) is 51.3. The number of hydrogen-bond acceptors (Lipinski definition) is 4. The van der Waals surface area contributed by atoms with E-state index in [2.05, 4.69) is 233 Å². The molecule has 0 bridgehead atoms. The third-order valence-corrected chi connectivity index (χ3v) is 14.6. The molecule has 6 heteroatoms. The van der Waals surface area contributed by atoms with Gasteiger partial charge in [0.1, 0.15) is 11.6 Å². The topological polar surface area (TPSA) is 72.3 Å². The summed E-state index contributed by atoms with van der Waals surface area (Å²) < 4.78 is 4.84. The molecule has 9 aromatic carbocycles. The van der Waals surface area contributed by atoms with Crippen molar-refractivity contribution in [2.75, 3.05) is 0 Å². The van der Waals surface area contributed by atoms with Crippen molar-refractivity contribution in [1.29, 1.82) is 5.26 Å². The Labute approximate surface area is 432 Å². The lowest BCUT2D eigenvalue weighted by atomic mass is 9.98. The van der Waals surface area contributed by atoms with Gasteiger partial charge in [-0.3, -0.25) is 0 Å². The van der Waals surface area contributed by atoms with Crippen molar-refractivity contribution in [3.63, 3.8) is 0 Å². The van der Waals surface area contributed by atoms with Crippen molar-refractivity contribution in [3.05, 3.63) is 219 Å². The molecule has 12 rings (SSSR count). The van der Waals surface area contributed by atoms with Gasteiger partial charge in [-0.1, -0.05) is 166 Å². The third kappa shape index (κ3) is 8.12. The molecular weight excluding hydrogens is 901 g/mol. The lowest BCUT2D eigenvalue weighted by molar-refractivity contribution is 0.927. The molecule has 0 N–H and O–H groups in total. The van der Waals surface area contributed by atoms with E-state index in [-0.39, 0.29) is 0 Å². The van der Waals surface area contributed by atoms with Crippen LogP contribution in [0.15, 0.2) is 158 Å². The largest absolute Gasteiger partial charge is 0.307 e. The molecule has 0 amide bonds. The van der Waals surface area contributed by atoms with Gasteiger partial charge in [0, 0.05) is 27.1 Å². The van der Waals surface area contributed by atoms with E-state index in [1.165, 1.54) is 44.5 Å². The molecule has 12 aromatic rings. The predicted molar refractivity (Wildman–Crippen MR) is 308 cm³/mol. The van der Waals surface area contributed by atoms with Crippen LogP contribution in [0.25, 0.3) is 111 Å². The van der Waals surface area contributed by atoms with Gasteiger partial charge in [-0.2, -0.15) is 5.26 Å². The van der Waals surface area contributed by atoms with Crippen LogP contribution in [0.2, 0.25) is 0 Å². The van der Waals surface area contributed by atoms with E-state index < -0.39 is 0 Å². The van der Waals surface area contributed by atoms with E-state index in [1.54, 1.807) is 0 Å². The lowest BCUT2D eigenvalue weighted by Crippen LogP contribution is -2.07. The molecular formula is C68H56N6. The van der Waals surface area contributed by atoms with Gasteiger partial charge in [-0.15, -0.1) is 0 Å². The van der Waals surface area contributed by atoms with E-state index in [0.717, 1.165) is 99.5 Å². The smallest absolute Gasteiger partial charge is 0.164 e. The summed E-state index contributed by atoms with van der Waals surface area (Å²) in [5.41, 5.74) is 25.8. The Morgan fingerprint density at radius 3 is 0.878 bits per heavy atom. The highest BCUT2D eigenvalue weighted by atomic mass is 15.1. The van der Waals surface area contributed by atoms with Crippen molar-refractivity contribution in [1.82, 2.24) is 24.1 Å². The van der Waals surface area contributed by atoms with E-state index in [0.29, 0.717) is 28.6 Å². The van der Waals surface area contributed by atoms with Crippen LogP contribution in [0.1, 0.15) is 61.7 Å². The molecule has 0 aliphatic carbocycles. The maximum Gasteiger partial charge on any atom is 0.164 e. The summed E-state index contributed by atoms with van der Waals surface area (Å²) in [6.07, 6.45) is 0. The van der Waals surface area contributed by atoms with Gasteiger partial charge < -0.3 is 9.13 Å². The van der Waals surface area contributed by atoms with E-state index in [9.17, 15) is 5.26 Å². The van der Waals surface area contributed by atoms with E-state index >= 15 is 0 Å². The Morgan fingerprint density at radius 2 is 0.595 bits per heavy atom. The Kier molecular flexibility index (Phi) is 11.0. The second-order valence-corrected chi connectivity index (χ2v) is 20.9. The average Bonchev–Trinajstić information content (AvgIpc) is 3.85. The van der Waals surface area contributed by atoms with Gasteiger partial charge in [0.2, 0.25) is 0 Å². The van der Waals surface area contributed by atoms with Crippen molar-refractivity contribution in [2.45, 2.75) is 69.2 Å². The standard InChI is InChI=1S/C68H56N6/c1-38-19-39(2)24-52(23-38)48-11-15-57-58-16-12-49(53-25-40(3)20-41(4)26-53)32-63(58)73(62(57)31-48)66-35-56(37-69)61(68-71-46(9)70-47(10)72-68)36-67(66)74-64-33-50(54-27-42(5)21-43(6)28-54)13-17-59(64)60-18-14-51(34-65(60)74)55-29-44(7)22-45(8)30-55/h11-36H,1-10H3. The quantitative estimate of drug-likeness (QED) is 0.160. The molecule has 0 saturated heterocycles. The number of aryl methyl sites for hydroxylation is 10. The van der Waals surface area contributed by atoms with Crippen LogP contribution in [0.4, 0.5) is 0 Å². The molecule has 0 aliphatic rings. The summed E-state index contributed by atoms with van der Waals surface area (Å²) in [5, 5.41) is 15.9. The Bertz CT molecular complexity index is 4060. The minimum absolute atomic E-state index is 0.461. The molecule has 358 valence electrons. The zero-order valence-electron chi connectivity index (χ0n) is 43.7. The molecule has 0 atom stereocenters. The molecule has 74 heavy (non-hydrogen) atoms. The third-order valence-electron chi connectivity index (χ3n) is 14.6. The highest BCUT2D eigenvalue weighted by Gasteiger charge is 2.25. The molecule has 0 spiro atoms. The van der Waals surface area contributed by atoms with E-state index in [1.807, 2.05) is 13.8 Å². The van der Waals surface area contributed by atoms with Crippen molar-refractivity contribution < 1.29 is 0 Å². The monoisotopic (exact) mass is 956 g/mol. The Morgan fingerprint density at radius 1 is 0.311 bits per heavy atom. The summed E-state index contributed by atoms with van der Waals surface area (Å²) in [7, 11) is 0. The maximum atomic E-state index is 11.4. The molecule has 0 saturated carbocycles. The summed E-state index contributed by atoms with van der Waals surface area (Å²) in [4.78, 5) is 14.4. The molecule has 0 unspecified atom stereocenters. The van der Waals surface area contributed by atoms with Crippen LogP contribution in [0.3, 0.4) is 0 Å². The summed E-state index contributed by atoms with van der Waals surface area (Å²) >= 11 is 0. The number of hydrogen-bond donors (Lipinski definition) is 0. The van der Waals surface area contributed by atoms with Crippen molar-refractivity contribution in [2.24, 2.45) is 0 Å². The molecule has 3 aromatic heterocycles. The number of rotatable bonds is 7. The first-order valence-electron chi connectivity index (χ1n) is 25.4. The fourth-order valence-corrected chi connectivity index (χ4v) is 11.8. The number of nitrogens with zero attached hydrogens (tertiary/aromatic N) is 6. The summed E-state index contributed by atoms with van der Waals surface area (Å²) in [5.74, 6) is 1.65. The number of aromatic nitrogens is 5. The lowest BCUT2D eigenvalue weighted by Gasteiger charge is -2.20. The van der Waals surface area contributed by atoms with Crippen LogP contribution in [0.5, 0.6) is 0 Å². The van der Waals surface area contributed by atoms with Crippen LogP contribution < -0.4 is 0 Å². The predicted octanol–water partition coefficient (Wildman–Crippen LogP) is 17.4. The fraction of sp³-hybridized carbons (Fsp3) is 0.147.